The van der Waals surface area contributed by atoms with Crippen LogP contribution in [-0.4, -0.2) is 5.11 Å². The van der Waals surface area contributed by atoms with Crippen molar-refractivity contribution >= 4 is 31.9 Å². The molecule has 0 radical (unpaired) electrons. The number of benzene rings is 1. The molecule has 0 spiro atoms. The van der Waals surface area contributed by atoms with Gasteiger partial charge in [-0.25, -0.2) is 0 Å². The topological polar surface area (TPSA) is 20.2 Å². The fourth-order valence-electron chi connectivity index (χ4n) is 0.889. The Morgan fingerprint density at radius 2 is 2.00 bits per heavy atom. The predicted octanol–water partition coefficient (Wildman–Crippen LogP) is 3.01. The molecule has 11 heavy (non-hydrogen) atoms. The Labute approximate surface area is 82.7 Å². The van der Waals surface area contributed by atoms with Crippen molar-refractivity contribution in [3.8, 4) is 0 Å². The average Bonchev–Trinajstić information content (AvgIpc) is 1.99. The number of aliphatic hydroxyl groups excluding tert-OH is 1. The van der Waals surface area contributed by atoms with E-state index in [4.69, 9.17) is 5.11 Å². The van der Waals surface area contributed by atoms with Crippen LogP contribution in [0.1, 0.15) is 11.1 Å². The Morgan fingerprint density at radius 3 is 2.45 bits per heavy atom. The van der Waals surface area contributed by atoms with Gasteiger partial charge >= 0.3 is 0 Å². The minimum atomic E-state index is 0.0900. The highest BCUT2D eigenvalue weighted by molar-refractivity contribution is 9.13. The standard InChI is InChI=1S/C8H8Br2O/c1-5-2-6(4-11)3-7(9)8(5)10/h2-3,11H,4H2,1H3. The van der Waals surface area contributed by atoms with Gasteiger partial charge in [0.1, 0.15) is 0 Å². The normalized spacial score (nSPS) is 10.2. The molecule has 0 aliphatic heterocycles. The molecule has 0 aromatic heterocycles. The second kappa shape index (κ2) is 3.70. The van der Waals surface area contributed by atoms with Gasteiger partial charge in [-0.15, -0.1) is 0 Å². The Balaban J connectivity index is 3.21. The molecule has 60 valence electrons. The Bertz CT molecular complexity index is 248. The molecule has 1 rings (SSSR count). The van der Waals surface area contributed by atoms with Crippen molar-refractivity contribution in [1.82, 2.24) is 0 Å². The molecule has 1 aromatic carbocycles. The van der Waals surface area contributed by atoms with Crippen molar-refractivity contribution in [2.75, 3.05) is 0 Å². The van der Waals surface area contributed by atoms with Gasteiger partial charge in [0, 0.05) is 8.95 Å². The lowest BCUT2D eigenvalue weighted by molar-refractivity contribution is 0.281. The zero-order valence-electron chi connectivity index (χ0n) is 6.06. The van der Waals surface area contributed by atoms with Gasteiger partial charge in [0.25, 0.3) is 0 Å². The smallest absolute Gasteiger partial charge is 0.0682 e. The van der Waals surface area contributed by atoms with Gasteiger partial charge < -0.3 is 5.11 Å². The highest BCUT2D eigenvalue weighted by Crippen LogP contribution is 2.27. The zero-order chi connectivity index (χ0) is 8.43. The molecule has 1 aromatic rings. The van der Waals surface area contributed by atoms with Crippen LogP contribution in [0.3, 0.4) is 0 Å². The predicted molar refractivity (Wildman–Crippen MR) is 52.5 cm³/mol. The Morgan fingerprint density at radius 1 is 1.36 bits per heavy atom. The van der Waals surface area contributed by atoms with E-state index in [1.54, 1.807) is 0 Å². The maximum atomic E-state index is 8.84. The lowest BCUT2D eigenvalue weighted by Crippen LogP contribution is -1.86. The number of hydrogen-bond acceptors (Lipinski definition) is 1. The number of halogens is 2. The van der Waals surface area contributed by atoms with Crippen LogP contribution in [-0.2, 0) is 6.61 Å². The molecule has 0 aliphatic rings. The van der Waals surface area contributed by atoms with Crippen LogP contribution in [0.15, 0.2) is 21.1 Å². The summed E-state index contributed by atoms with van der Waals surface area (Å²) in [5, 5.41) is 8.84. The molecule has 0 atom stereocenters. The Kier molecular flexibility index (Phi) is 3.10. The SMILES string of the molecule is Cc1cc(CO)cc(Br)c1Br. The van der Waals surface area contributed by atoms with E-state index in [1.165, 1.54) is 0 Å². The summed E-state index contributed by atoms with van der Waals surface area (Å²) in [4.78, 5) is 0. The monoisotopic (exact) mass is 278 g/mol. The van der Waals surface area contributed by atoms with Crippen LogP contribution < -0.4 is 0 Å². The first-order valence-corrected chi connectivity index (χ1v) is 4.79. The first kappa shape index (κ1) is 9.23. The van der Waals surface area contributed by atoms with Crippen molar-refractivity contribution in [3.05, 3.63) is 32.2 Å². The lowest BCUT2D eigenvalue weighted by atomic mass is 10.1. The lowest BCUT2D eigenvalue weighted by Gasteiger charge is -2.03. The van der Waals surface area contributed by atoms with Gasteiger partial charge in [0.2, 0.25) is 0 Å². The average molecular weight is 280 g/mol. The van der Waals surface area contributed by atoms with Crippen LogP contribution in [0, 0.1) is 6.92 Å². The highest BCUT2D eigenvalue weighted by atomic mass is 79.9. The fourth-order valence-corrected chi connectivity index (χ4v) is 1.72. The molecule has 0 bridgehead atoms. The van der Waals surface area contributed by atoms with Gasteiger partial charge in [-0.2, -0.15) is 0 Å². The quantitative estimate of drug-likeness (QED) is 0.838. The van der Waals surface area contributed by atoms with Crippen LogP contribution in [0.25, 0.3) is 0 Å². The van der Waals surface area contributed by atoms with Crippen LogP contribution in [0.5, 0.6) is 0 Å². The first-order valence-electron chi connectivity index (χ1n) is 3.20. The summed E-state index contributed by atoms with van der Waals surface area (Å²) < 4.78 is 2.04. The molecule has 0 aliphatic carbocycles. The highest BCUT2D eigenvalue weighted by Gasteiger charge is 2.01. The van der Waals surface area contributed by atoms with Gasteiger partial charge in [-0.05, 0) is 56.0 Å². The maximum Gasteiger partial charge on any atom is 0.0682 e. The summed E-state index contributed by atoms with van der Waals surface area (Å²) >= 11 is 6.79. The molecule has 1 nitrogen and oxygen atoms in total. The van der Waals surface area contributed by atoms with Gasteiger partial charge in [-0.1, -0.05) is 6.07 Å². The molecule has 3 heteroatoms. The molecule has 1 N–H and O–H groups in total. The molecular formula is C8H8Br2O. The third-order valence-electron chi connectivity index (χ3n) is 1.45. The summed E-state index contributed by atoms with van der Waals surface area (Å²) in [6.07, 6.45) is 0. The van der Waals surface area contributed by atoms with Gasteiger partial charge in [0.15, 0.2) is 0 Å². The van der Waals surface area contributed by atoms with Gasteiger partial charge in [0.05, 0.1) is 6.61 Å². The van der Waals surface area contributed by atoms with Crippen molar-refractivity contribution in [3.63, 3.8) is 0 Å². The van der Waals surface area contributed by atoms with E-state index in [-0.39, 0.29) is 6.61 Å². The second-order valence-corrected chi connectivity index (χ2v) is 4.01. The van der Waals surface area contributed by atoms with Crippen LogP contribution in [0.4, 0.5) is 0 Å². The van der Waals surface area contributed by atoms with E-state index in [1.807, 2.05) is 19.1 Å². The van der Waals surface area contributed by atoms with E-state index in [2.05, 4.69) is 31.9 Å². The summed E-state index contributed by atoms with van der Waals surface area (Å²) in [7, 11) is 0. The van der Waals surface area contributed by atoms with Crippen molar-refractivity contribution in [1.29, 1.82) is 0 Å². The van der Waals surface area contributed by atoms with E-state index in [0.29, 0.717) is 0 Å². The van der Waals surface area contributed by atoms with E-state index < -0.39 is 0 Å². The van der Waals surface area contributed by atoms with E-state index in [0.717, 1.165) is 20.1 Å². The summed E-state index contributed by atoms with van der Waals surface area (Å²) in [5.74, 6) is 0. The van der Waals surface area contributed by atoms with Crippen molar-refractivity contribution in [2.45, 2.75) is 13.5 Å². The Hall–Kier alpha value is 0.140. The van der Waals surface area contributed by atoms with Gasteiger partial charge in [-0.3, -0.25) is 0 Å². The molecule has 0 saturated carbocycles. The third-order valence-corrected chi connectivity index (χ3v) is 3.66. The maximum absolute atomic E-state index is 8.84. The molecule has 0 fully saturated rings. The summed E-state index contributed by atoms with van der Waals surface area (Å²) in [5.41, 5.74) is 2.06. The number of aliphatic hydroxyl groups is 1. The number of hydrogen-bond donors (Lipinski definition) is 1. The third kappa shape index (κ3) is 2.04. The molecule has 0 heterocycles. The summed E-state index contributed by atoms with van der Waals surface area (Å²) in [6.45, 7) is 2.08. The summed E-state index contributed by atoms with van der Waals surface area (Å²) in [6, 6.07) is 3.85. The second-order valence-electron chi connectivity index (χ2n) is 2.37. The fraction of sp³-hybridized carbons (Fsp3) is 0.250. The van der Waals surface area contributed by atoms with E-state index in [9.17, 15) is 0 Å². The molecule has 0 unspecified atom stereocenters. The van der Waals surface area contributed by atoms with Crippen molar-refractivity contribution < 1.29 is 5.11 Å². The van der Waals surface area contributed by atoms with Crippen molar-refractivity contribution in [2.24, 2.45) is 0 Å². The molecule has 0 saturated heterocycles. The first-order chi connectivity index (χ1) is 5.15. The van der Waals surface area contributed by atoms with Crippen LogP contribution in [0.2, 0.25) is 0 Å². The minimum absolute atomic E-state index is 0.0900. The zero-order valence-corrected chi connectivity index (χ0v) is 9.24. The minimum Gasteiger partial charge on any atom is -0.392 e. The van der Waals surface area contributed by atoms with Crippen LogP contribution >= 0.6 is 31.9 Å². The molecule has 0 amide bonds. The van der Waals surface area contributed by atoms with E-state index >= 15 is 0 Å². The number of aryl methyl sites for hydroxylation is 1. The molecular weight excluding hydrogens is 272 g/mol. The number of rotatable bonds is 1. The largest absolute Gasteiger partial charge is 0.392 e.